The number of carboxylic acids is 2. The zero-order chi connectivity index (χ0) is 11.0. The van der Waals surface area contributed by atoms with Crippen LogP contribution in [0.5, 0.6) is 0 Å². The maximum absolute atomic E-state index is 10.6. The van der Waals surface area contributed by atoms with Crippen molar-refractivity contribution in [3.63, 3.8) is 0 Å². The first kappa shape index (κ1) is 12.9. The summed E-state index contributed by atoms with van der Waals surface area (Å²) in [4.78, 5) is 21.0. The third-order valence-corrected chi connectivity index (χ3v) is 2.18. The summed E-state index contributed by atoms with van der Waals surface area (Å²) in [5, 5.41) is 17.2. The summed E-state index contributed by atoms with van der Waals surface area (Å²) < 4.78 is 0. The molecular weight excluding hydrogens is 184 g/mol. The molecule has 82 valence electrons. The molecule has 0 amide bonds. The molecule has 0 heterocycles. The van der Waals surface area contributed by atoms with E-state index in [2.05, 4.69) is 6.92 Å². The molecule has 1 atom stereocenters. The highest BCUT2D eigenvalue weighted by Gasteiger charge is 2.19. The predicted octanol–water partition coefficient (Wildman–Crippen LogP) is 2.13. The van der Waals surface area contributed by atoms with Crippen molar-refractivity contribution in [3.8, 4) is 0 Å². The van der Waals surface area contributed by atoms with E-state index >= 15 is 0 Å². The minimum atomic E-state index is -1.03. The number of carboxylic acid groups (broad SMARTS) is 2. The highest BCUT2D eigenvalue weighted by molar-refractivity contribution is 5.77. The lowest BCUT2D eigenvalue weighted by atomic mass is 9.98. The maximum atomic E-state index is 10.6. The number of unbranched alkanes of at least 4 members (excludes halogenated alkanes) is 3. The van der Waals surface area contributed by atoms with E-state index in [0.717, 1.165) is 25.7 Å². The van der Waals surface area contributed by atoms with E-state index in [9.17, 15) is 9.59 Å². The quantitative estimate of drug-likeness (QED) is 0.591. The Balaban J connectivity index is 3.74. The fraction of sp³-hybridized carbons (Fsp3) is 0.800. The predicted molar refractivity (Wildman–Crippen MR) is 52.1 cm³/mol. The number of aliphatic carboxylic acids is 2. The van der Waals surface area contributed by atoms with Crippen LogP contribution in [0, 0.1) is 5.92 Å². The van der Waals surface area contributed by atoms with Gasteiger partial charge in [0.1, 0.15) is 0 Å². The van der Waals surface area contributed by atoms with Gasteiger partial charge in [0.05, 0.1) is 12.3 Å². The first-order valence-corrected chi connectivity index (χ1v) is 5.02. The van der Waals surface area contributed by atoms with Crippen LogP contribution in [0.1, 0.15) is 45.4 Å². The van der Waals surface area contributed by atoms with Crippen molar-refractivity contribution in [1.29, 1.82) is 0 Å². The van der Waals surface area contributed by atoms with Crippen molar-refractivity contribution < 1.29 is 19.8 Å². The molecule has 0 aromatic heterocycles. The van der Waals surface area contributed by atoms with Gasteiger partial charge < -0.3 is 10.2 Å². The number of carbonyl (C=O) groups is 2. The lowest BCUT2D eigenvalue weighted by molar-refractivity contribution is -0.148. The molecule has 0 aliphatic heterocycles. The van der Waals surface area contributed by atoms with E-state index in [1.165, 1.54) is 0 Å². The monoisotopic (exact) mass is 202 g/mol. The van der Waals surface area contributed by atoms with Crippen LogP contribution in [0.25, 0.3) is 0 Å². The van der Waals surface area contributed by atoms with E-state index in [1.54, 1.807) is 0 Å². The molecule has 2 N–H and O–H groups in total. The van der Waals surface area contributed by atoms with Crippen molar-refractivity contribution in [2.75, 3.05) is 0 Å². The van der Waals surface area contributed by atoms with Crippen LogP contribution < -0.4 is 0 Å². The van der Waals surface area contributed by atoms with Gasteiger partial charge in [-0.2, -0.15) is 0 Å². The normalized spacial score (nSPS) is 12.4. The molecule has 4 heteroatoms. The molecule has 0 radical (unpaired) electrons. The molecule has 0 aliphatic carbocycles. The zero-order valence-corrected chi connectivity index (χ0v) is 8.53. The van der Waals surface area contributed by atoms with Crippen molar-refractivity contribution >= 4 is 11.9 Å². The summed E-state index contributed by atoms with van der Waals surface area (Å²) in [6.07, 6.45) is 4.18. The molecule has 0 aliphatic rings. The highest BCUT2D eigenvalue weighted by Crippen LogP contribution is 2.14. The van der Waals surface area contributed by atoms with E-state index in [4.69, 9.17) is 10.2 Å². The molecular formula is C10H18O4. The van der Waals surface area contributed by atoms with Crippen LogP contribution in [0.2, 0.25) is 0 Å². The number of hydrogen-bond donors (Lipinski definition) is 2. The van der Waals surface area contributed by atoms with E-state index in [-0.39, 0.29) is 6.42 Å². The lowest BCUT2D eigenvalue weighted by Gasteiger charge is -2.08. The summed E-state index contributed by atoms with van der Waals surface area (Å²) in [5.41, 5.74) is 0. The molecule has 1 unspecified atom stereocenters. The minimum absolute atomic E-state index is 0.262. The molecule has 4 nitrogen and oxygen atoms in total. The second-order valence-corrected chi connectivity index (χ2v) is 3.48. The first-order chi connectivity index (χ1) is 6.57. The molecule has 0 rings (SSSR count). The van der Waals surface area contributed by atoms with Crippen LogP contribution >= 0.6 is 0 Å². The summed E-state index contributed by atoms with van der Waals surface area (Å²) >= 11 is 0. The molecule has 0 spiro atoms. The van der Waals surface area contributed by atoms with Gasteiger partial charge in [-0.1, -0.05) is 32.6 Å². The molecule has 0 bridgehead atoms. The topological polar surface area (TPSA) is 74.6 Å². The van der Waals surface area contributed by atoms with Gasteiger partial charge in [0.25, 0.3) is 0 Å². The van der Waals surface area contributed by atoms with Crippen molar-refractivity contribution in [2.45, 2.75) is 45.4 Å². The van der Waals surface area contributed by atoms with Gasteiger partial charge in [-0.3, -0.25) is 9.59 Å². The Kier molecular flexibility index (Phi) is 6.80. The van der Waals surface area contributed by atoms with Crippen molar-refractivity contribution in [2.24, 2.45) is 5.92 Å². The van der Waals surface area contributed by atoms with Crippen LogP contribution in [0.15, 0.2) is 0 Å². The smallest absolute Gasteiger partial charge is 0.307 e. The zero-order valence-electron chi connectivity index (χ0n) is 8.53. The molecule has 0 aromatic rings. The largest absolute Gasteiger partial charge is 0.481 e. The highest BCUT2D eigenvalue weighted by atomic mass is 16.4. The van der Waals surface area contributed by atoms with E-state index in [1.807, 2.05) is 0 Å². The summed E-state index contributed by atoms with van der Waals surface area (Å²) in [6, 6.07) is 0. The maximum Gasteiger partial charge on any atom is 0.307 e. The molecule has 0 fully saturated rings. The third-order valence-electron chi connectivity index (χ3n) is 2.18. The van der Waals surface area contributed by atoms with Gasteiger partial charge in [-0.25, -0.2) is 0 Å². The summed E-state index contributed by atoms with van der Waals surface area (Å²) in [5.74, 6) is -2.75. The Bertz CT molecular complexity index is 189. The second-order valence-electron chi connectivity index (χ2n) is 3.48. The Hall–Kier alpha value is -1.06. The van der Waals surface area contributed by atoms with Crippen LogP contribution in [-0.4, -0.2) is 22.2 Å². The first-order valence-electron chi connectivity index (χ1n) is 5.02. The van der Waals surface area contributed by atoms with E-state index in [0.29, 0.717) is 6.42 Å². The van der Waals surface area contributed by atoms with Crippen LogP contribution in [0.4, 0.5) is 0 Å². The number of rotatable bonds is 8. The van der Waals surface area contributed by atoms with Gasteiger partial charge in [-0.15, -0.1) is 0 Å². The van der Waals surface area contributed by atoms with Crippen molar-refractivity contribution in [3.05, 3.63) is 0 Å². The Morgan fingerprint density at radius 2 is 1.79 bits per heavy atom. The summed E-state index contributed by atoms with van der Waals surface area (Å²) in [7, 11) is 0. The molecule has 0 saturated carbocycles. The molecule has 14 heavy (non-hydrogen) atoms. The Morgan fingerprint density at radius 1 is 1.14 bits per heavy atom. The van der Waals surface area contributed by atoms with Gasteiger partial charge in [0, 0.05) is 0 Å². The van der Waals surface area contributed by atoms with Crippen LogP contribution in [-0.2, 0) is 9.59 Å². The van der Waals surface area contributed by atoms with Gasteiger partial charge in [0.15, 0.2) is 0 Å². The third kappa shape index (κ3) is 6.46. The van der Waals surface area contributed by atoms with Gasteiger partial charge >= 0.3 is 11.9 Å². The summed E-state index contributed by atoms with van der Waals surface area (Å²) in [6.45, 7) is 2.08. The Morgan fingerprint density at radius 3 is 2.21 bits per heavy atom. The fourth-order valence-corrected chi connectivity index (χ4v) is 1.34. The van der Waals surface area contributed by atoms with Crippen molar-refractivity contribution in [1.82, 2.24) is 0 Å². The van der Waals surface area contributed by atoms with Gasteiger partial charge in [-0.05, 0) is 6.42 Å². The lowest BCUT2D eigenvalue weighted by Crippen LogP contribution is -2.17. The molecule has 0 saturated heterocycles. The van der Waals surface area contributed by atoms with E-state index < -0.39 is 17.9 Å². The standard InChI is InChI=1S/C10H18O4/c1-2-3-4-5-6-8(10(13)14)7-9(11)12/h8H,2-7H2,1H3,(H,11,12)(H,13,14). The Labute approximate surface area is 83.9 Å². The number of hydrogen-bond acceptors (Lipinski definition) is 2. The second kappa shape index (κ2) is 7.35. The minimum Gasteiger partial charge on any atom is -0.481 e. The average molecular weight is 202 g/mol. The SMILES string of the molecule is CCCCCCC(CC(=O)O)C(=O)O. The van der Waals surface area contributed by atoms with Crippen LogP contribution in [0.3, 0.4) is 0 Å². The average Bonchev–Trinajstić information content (AvgIpc) is 2.09. The fourth-order valence-electron chi connectivity index (χ4n) is 1.34. The van der Waals surface area contributed by atoms with Gasteiger partial charge in [0.2, 0.25) is 0 Å². The molecule has 0 aromatic carbocycles.